The van der Waals surface area contributed by atoms with Crippen molar-refractivity contribution in [2.24, 2.45) is 0 Å². The number of hydrogen-bond acceptors (Lipinski definition) is 3. The van der Waals surface area contributed by atoms with E-state index in [1.807, 2.05) is 0 Å². The Morgan fingerprint density at radius 3 is 2.36 bits per heavy atom. The molecule has 0 saturated heterocycles. The monoisotopic (exact) mass is 347 g/mol. The van der Waals surface area contributed by atoms with Crippen LogP contribution in [0.5, 0.6) is 11.5 Å². The number of halogens is 4. The number of ether oxygens (including phenoxy) is 1. The first-order valence-corrected chi connectivity index (χ1v) is 6.69. The highest BCUT2D eigenvalue weighted by Crippen LogP contribution is 2.36. The van der Waals surface area contributed by atoms with Crippen molar-refractivity contribution in [2.45, 2.75) is 6.18 Å². The van der Waals surface area contributed by atoms with E-state index in [1.54, 1.807) is 0 Å². The van der Waals surface area contributed by atoms with Gasteiger partial charge in [0, 0.05) is 5.69 Å². The maximum absolute atomic E-state index is 12.8. The zero-order valence-electron chi connectivity index (χ0n) is 10.8. The second-order valence-corrected chi connectivity index (χ2v) is 4.98. The predicted molar refractivity (Wildman–Crippen MR) is 81.4 cm³/mol. The van der Waals surface area contributed by atoms with Gasteiger partial charge in [-0.15, -0.1) is 0 Å². The fourth-order valence-electron chi connectivity index (χ4n) is 1.58. The van der Waals surface area contributed by atoms with Gasteiger partial charge >= 0.3 is 6.18 Å². The molecule has 0 aliphatic carbocycles. The van der Waals surface area contributed by atoms with E-state index < -0.39 is 16.8 Å². The highest BCUT2D eigenvalue weighted by Gasteiger charge is 2.33. The molecule has 0 heterocycles. The van der Waals surface area contributed by atoms with Crippen molar-refractivity contribution in [3.8, 4) is 11.5 Å². The van der Waals surface area contributed by atoms with Crippen molar-refractivity contribution in [1.29, 1.82) is 0 Å². The molecule has 2 aromatic carbocycles. The van der Waals surface area contributed by atoms with Gasteiger partial charge in [0.15, 0.2) is 0 Å². The first kappa shape index (κ1) is 16.4. The zero-order chi connectivity index (χ0) is 16.3. The van der Waals surface area contributed by atoms with Crippen LogP contribution in [0, 0.1) is 0 Å². The molecule has 2 N–H and O–H groups in total. The van der Waals surface area contributed by atoms with Crippen molar-refractivity contribution >= 4 is 34.7 Å². The van der Waals surface area contributed by atoms with Crippen LogP contribution in [0.3, 0.4) is 0 Å². The molecule has 0 unspecified atom stereocenters. The van der Waals surface area contributed by atoms with E-state index >= 15 is 0 Å². The van der Waals surface area contributed by atoms with Gasteiger partial charge in [0.1, 0.15) is 11.5 Å². The molecule has 22 heavy (non-hydrogen) atoms. The fraction of sp³-hybridized carbons (Fsp3) is 0.0714. The lowest BCUT2D eigenvalue weighted by Crippen LogP contribution is -2.17. The minimum atomic E-state index is -4.56. The van der Waals surface area contributed by atoms with E-state index in [4.69, 9.17) is 33.7 Å². The normalized spacial score (nSPS) is 11.1. The maximum Gasteiger partial charge on any atom is 0.417 e. The molecule has 0 aliphatic rings. The summed E-state index contributed by atoms with van der Waals surface area (Å²) in [5.41, 5.74) is -0.868. The maximum atomic E-state index is 12.8. The molecule has 0 bridgehead atoms. The number of hydrogen-bond donors (Lipinski definition) is 2. The topological polar surface area (TPSA) is 41.5 Å². The number of thiocarbonyl (C=S) groups is 1. The largest absolute Gasteiger partial charge is 0.508 e. The molecular weight excluding hydrogens is 339 g/mol. The first-order chi connectivity index (χ1) is 10.3. The number of nitrogens with one attached hydrogen (secondary N) is 1. The summed E-state index contributed by atoms with van der Waals surface area (Å²) in [5.74, 6) is 0.388. The van der Waals surface area contributed by atoms with Crippen molar-refractivity contribution in [3.05, 3.63) is 53.1 Å². The Labute approximate surface area is 134 Å². The minimum absolute atomic E-state index is 0.0544. The second-order valence-electron chi connectivity index (χ2n) is 4.20. The van der Waals surface area contributed by atoms with E-state index in [9.17, 15) is 13.2 Å². The number of anilines is 1. The van der Waals surface area contributed by atoms with Crippen LogP contribution >= 0.6 is 23.8 Å². The molecule has 0 spiro atoms. The SMILES string of the molecule is Oc1ccc(OC(=S)Nc2ccc(Cl)c(C(F)(F)F)c2)cc1. The standard InChI is InChI=1S/C14H9ClF3NO2S/c15-12-6-1-8(7-11(12)14(16,17)18)19-13(22)21-10-4-2-9(20)3-5-10/h1-7,20H,(H,19,22). The molecule has 2 aromatic rings. The van der Waals surface area contributed by atoms with E-state index in [0.29, 0.717) is 5.75 Å². The number of phenols is 1. The van der Waals surface area contributed by atoms with Crippen LogP contribution in [0.1, 0.15) is 5.56 Å². The minimum Gasteiger partial charge on any atom is -0.508 e. The van der Waals surface area contributed by atoms with Gasteiger partial charge in [-0.25, -0.2) is 0 Å². The lowest BCUT2D eigenvalue weighted by atomic mass is 10.2. The van der Waals surface area contributed by atoms with Crippen LogP contribution in [0.15, 0.2) is 42.5 Å². The highest BCUT2D eigenvalue weighted by molar-refractivity contribution is 7.80. The van der Waals surface area contributed by atoms with Gasteiger partial charge in [-0.2, -0.15) is 13.2 Å². The lowest BCUT2D eigenvalue weighted by Gasteiger charge is -2.13. The molecule has 0 aliphatic heterocycles. The number of alkyl halides is 3. The summed E-state index contributed by atoms with van der Waals surface area (Å²) in [6, 6.07) is 9.03. The van der Waals surface area contributed by atoms with Crippen LogP contribution < -0.4 is 10.1 Å². The van der Waals surface area contributed by atoms with Crippen molar-refractivity contribution < 1.29 is 23.0 Å². The van der Waals surface area contributed by atoms with Gasteiger partial charge in [0.2, 0.25) is 0 Å². The third kappa shape index (κ3) is 4.25. The summed E-state index contributed by atoms with van der Waals surface area (Å²) in [7, 11) is 0. The summed E-state index contributed by atoms with van der Waals surface area (Å²) in [5, 5.41) is 11.1. The number of rotatable bonds is 2. The summed E-state index contributed by atoms with van der Waals surface area (Å²) in [4.78, 5) is 0. The Hall–Kier alpha value is -1.99. The molecule has 0 fully saturated rings. The molecular formula is C14H9ClF3NO2S. The third-order valence-electron chi connectivity index (χ3n) is 2.57. The Bertz CT molecular complexity index is 689. The molecule has 0 radical (unpaired) electrons. The number of aromatic hydroxyl groups is 1. The zero-order valence-corrected chi connectivity index (χ0v) is 12.4. The molecule has 0 aromatic heterocycles. The molecule has 8 heteroatoms. The van der Waals surface area contributed by atoms with Crippen LogP contribution in [0.25, 0.3) is 0 Å². The van der Waals surface area contributed by atoms with Crippen molar-refractivity contribution in [2.75, 3.05) is 5.32 Å². The lowest BCUT2D eigenvalue weighted by molar-refractivity contribution is -0.137. The van der Waals surface area contributed by atoms with Gasteiger partial charge in [-0.1, -0.05) is 11.6 Å². The Kier molecular flexibility index (Phi) is 4.77. The third-order valence-corrected chi connectivity index (χ3v) is 3.08. The van der Waals surface area contributed by atoms with Crippen molar-refractivity contribution in [1.82, 2.24) is 0 Å². The van der Waals surface area contributed by atoms with E-state index in [0.717, 1.165) is 12.1 Å². The van der Waals surface area contributed by atoms with Gasteiger partial charge in [-0.3, -0.25) is 0 Å². The number of phenolic OH excluding ortho intramolecular Hbond substituents is 1. The van der Waals surface area contributed by atoms with Gasteiger partial charge < -0.3 is 15.2 Å². The molecule has 0 atom stereocenters. The van der Waals surface area contributed by atoms with Crippen molar-refractivity contribution in [3.63, 3.8) is 0 Å². The number of benzene rings is 2. The van der Waals surface area contributed by atoms with Gasteiger partial charge in [-0.05, 0) is 54.7 Å². The quantitative estimate of drug-likeness (QED) is 0.763. The van der Waals surface area contributed by atoms with Crippen LogP contribution in [0.4, 0.5) is 18.9 Å². The summed E-state index contributed by atoms with van der Waals surface area (Å²) in [6.07, 6.45) is -4.56. The highest BCUT2D eigenvalue weighted by atomic mass is 35.5. The average Bonchev–Trinajstić information content (AvgIpc) is 2.42. The smallest absolute Gasteiger partial charge is 0.417 e. The Balaban J connectivity index is 2.10. The summed E-state index contributed by atoms with van der Waals surface area (Å²) >= 11 is 10.4. The fourth-order valence-corrected chi connectivity index (χ4v) is 2.02. The second kappa shape index (κ2) is 6.41. The van der Waals surface area contributed by atoms with E-state index in [1.165, 1.54) is 30.3 Å². The van der Waals surface area contributed by atoms with Crippen LogP contribution in [-0.4, -0.2) is 10.3 Å². The molecule has 116 valence electrons. The van der Waals surface area contributed by atoms with Crippen LogP contribution in [0.2, 0.25) is 5.02 Å². The molecule has 3 nitrogen and oxygen atoms in total. The van der Waals surface area contributed by atoms with Gasteiger partial charge in [0.25, 0.3) is 5.17 Å². The molecule has 0 amide bonds. The molecule has 0 saturated carbocycles. The predicted octanol–water partition coefficient (Wildman–Crippen LogP) is 4.84. The Morgan fingerprint density at radius 1 is 1.14 bits per heavy atom. The average molecular weight is 348 g/mol. The Morgan fingerprint density at radius 2 is 1.77 bits per heavy atom. The summed E-state index contributed by atoms with van der Waals surface area (Å²) < 4.78 is 43.5. The first-order valence-electron chi connectivity index (χ1n) is 5.90. The van der Waals surface area contributed by atoms with Crippen LogP contribution in [-0.2, 0) is 6.18 Å². The molecule has 2 rings (SSSR count). The summed E-state index contributed by atoms with van der Waals surface area (Å²) in [6.45, 7) is 0. The van der Waals surface area contributed by atoms with E-state index in [-0.39, 0.29) is 16.6 Å². The van der Waals surface area contributed by atoms with Gasteiger partial charge in [0.05, 0.1) is 10.6 Å². The van der Waals surface area contributed by atoms with E-state index in [2.05, 4.69) is 5.32 Å².